The summed E-state index contributed by atoms with van der Waals surface area (Å²) in [7, 11) is 2.00. The van der Waals surface area contributed by atoms with Crippen LogP contribution >= 0.6 is 58.6 Å². The van der Waals surface area contributed by atoms with E-state index in [2.05, 4.69) is 10.2 Å². The van der Waals surface area contributed by atoms with Crippen LogP contribution in [0, 0.1) is 0 Å². The van der Waals surface area contributed by atoms with E-state index in [4.69, 9.17) is 58.6 Å². The summed E-state index contributed by atoms with van der Waals surface area (Å²) in [5.41, 5.74) is 0.573. The van der Waals surface area contributed by atoms with Gasteiger partial charge in [0.25, 0.3) is 0 Å². The molecule has 1 aromatic rings. The minimum atomic E-state index is 0.233. The van der Waals surface area contributed by atoms with Gasteiger partial charge >= 0.3 is 0 Å². The number of anilines is 1. The van der Waals surface area contributed by atoms with Gasteiger partial charge in [-0.05, 0) is 31.1 Å². The fourth-order valence-corrected chi connectivity index (χ4v) is 3.61. The van der Waals surface area contributed by atoms with E-state index in [-0.39, 0.29) is 10.0 Å². The highest BCUT2D eigenvalue weighted by molar-refractivity contribution is 7.80. The van der Waals surface area contributed by atoms with Crippen molar-refractivity contribution >= 4 is 69.4 Å². The van der Waals surface area contributed by atoms with E-state index >= 15 is 0 Å². The van der Waals surface area contributed by atoms with Gasteiger partial charge in [-0.2, -0.15) is 0 Å². The van der Waals surface area contributed by atoms with Crippen molar-refractivity contribution < 1.29 is 0 Å². The van der Waals surface area contributed by atoms with Crippen molar-refractivity contribution in [1.82, 2.24) is 4.90 Å². The molecule has 0 radical (unpaired) electrons. The molecule has 0 atom stereocenters. The van der Waals surface area contributed by atoms with Gasteiger partial charge in [0.1, 0.15) is 0 Å². The van der Waals surface area contributed by atoms with Gasteiger partial charge in [0.15, 0.2) is 5.11 Å². The molecule has 0 spiro atoms. The minimum absolute atomic E-state index is 0.233. The Morgan fingerprint density at radius 2 is 1.71 bits per heavy atom. The number of nitrogens with one attached hydrogen (secondary N) is 1. The smallest absolute Gasteiger partial charge is 0.173 e. The van der Waals surface area contributed by atoms with Crippen LogP contribution in [0.25, 0.3) is 0 Å². The van der Waals surface area contributed by atoms with Crippen molar-refractivity contribution in [2.45, 2.75) is 38.1 Å². The van der Waals surface area contributed by atoms with E-state index in [1.807, 2.05) is 7.05 Å². The summed E-state index contributed by atoms with van der Waals surface area (Å²) in [5, 5.41) is 4.88. The second kappa shape index (κ2) is 7.56. The summed E-state index contributed by atoms with van der Waals surface area (Å²) >= 11 is 29.7. The number of hydrogen-bond acceptors (Lipinski definition) is 1. The maximum Gasteiger partial charge on any atom is 0.173 e. The molecular formula is C14H16Cl4N2S. The Morgan fingerprint density at radius 3 is 2.33 bits per heavy atom. The lowest BCUT2D eigenvalue weighted by atomic mass is 9.95. The summed E-state index contributed by atoms with van der Waals surface area (Å²) in [4.78, 5) is 2.08. The van der Waals surface area contributed by atoms with E-state index in [1.165, 1.54) is 19.3 Å². The van der Waals surface area contributed by atoms with Gasteiger partial charge in [0.05, 0.1) is 25.8 Å². The average Bonchev–Trinajstić information content (AvgIpc) is 2.50. The Bertz CT molecular complexity index is 544. The van der Waals surface area contributed by atoms with E-state index < -0.39 is 0 Å². The largest absolute Gasteiger partial charge is 0.349 e. The maximum atomic E-state index is 6.19. The van der Waals surface area contributed by atoms with Crippen LogP contribution in [-0.2, 0) is 0 Å². The van der Waals surface area contributed by atoms with Gasteiger partial charge in [0.2, 0.25) is 0 Å². The number of hydrogen-bond donors (Lipinski definition) is 1. The Morgan fingerprint density at radius 1 is 1.10 bits per heavy atom. The zero-order valence-electron chi connectivity index (χ0n) is 11.6. The fourth-order valence-electron chi connectivity index (χ4n) is 2.50. The second-order valence-corrected chi connectivity index (χ2v) is 7.11. The van der Waals surface area contributed by atoms with Gasteiger partial charge in [-0.1, -0.05) is 65.7 Å². The van der Waals surface area contributed by atoms with Crippen molar-refractivity contribution in [2.24, 2.45) is 0 Å². The van der Waals surface area contributed by atoms with Crippen molar-refractivity contribution in [3.8, 4) is 0 Å². The molecule has 0 aromatic heterocycles. The summed E-state index contributed by atoms with van der Waals surface area (Å²) in [6, 6.07) is 2.11. The standard InChI is InChI=1S/C14H16Cl4N2S/c1-20(8-5-3-2-4-6-8)14(21)19-10-7-9(15)11(16)13(18)12(10)17/h7-8H,2-6H2,1H3,(H,19,21). The quantitative estimate of drug-likeness (QED) is 0.367. The van der Waals surface area contributed by atoms with Gasteiger partial charge in [-0.3, -0.25) is 0 Å². The van der Waals surface area contributed by atoms with E-state index in [0.29, 0.717) is 26.9 Å². The molecular weight excluding hydrogens is 370 g/mol. The predicted molar refractivity (Wildman–Crippen MR) is 97.3 cm³/mol. The fraction of sp³-hybridized carbons (Fsp3) is 0.500. The van der Waals surface area contributed by atoms with Crippen LogP contribution in [0.2, 0.25) is 20.1 Å². The molecule has 1 N–H and O–H groups in total. The number of thiocarbonyl (C=S) groups is 1. The Kier molecular flexibility index (Phi) is 6.27. The molecule has 116 valence electrons. The highest BCUT2D eigenvalue weighted by atomic mass is 35.5. The van der Waals surface area contributed by atoms with Gasteiger partial charge in [-0.25, -0.2) is 0 Å². The molecule has 1 aliphatic rings. The summed E-state index contributed by atoms with van der Waals surface area (Å²) in [5.74, 6) is 0. The van der Waals surface area contributed by atoms with Crippen LogP contribution in [0.1, 0.15) is 32.1 Å². The number of rotatable bonds is 2. The predicted octanol–water partition coefficient (Wildman–Crippen LogP) is 6.26. The van der Waals surface area contributed by atoms with E-state index in [0.717, 1.165) is 12.8 Å². The lowest BCUT2D eigenvalue weighted by Gasteiger charge is -2.33. The number of benzene rings is 1. The molecule has 7 heteroatoms. The van der Waals surface area contributed by atoms with Crippen molar-refractivity contribution in [3.05, 3.63) is 26.2 Å². The summed E-state index contributed by atoms with van der Waals surface area (Å²) in [6.07, 6.45) is 6.12. The van der Waals surface area contributed by atoms with Crippen LogP contribution in [0.15, 0.2) is 6.07 Å². The van der Waals surface area contributed by atoms with Gasteiger partial charge < -0.3 is 10.2 Å². The molecule has 0 heterocycles. The maximum absolute atomic E-state index is 6.19. The van der Waals surface area contributed by atoms with E-state index in [1.54, 1.807) is 6.07 Å². The highest BCUT2D eigenvalue weighted by Gasteiger charge is 2.21. The summed E-state index contributed by atoms with van der Waals surface area (Å²) in [6.45, 7) is 0. The molecule has 21 heavy (non-hydrogen) atoms. The van der Waals surface area contributed by atoms with Crippen molar-refractivity contribution in [1.29, 1.82) is 0 Å². The number of halogens is 4. The van der Waals surface area contributed by atoms with Crippen molar-refractivity contribution in [3.63, 3.8) is 0 Å². The molecule has 2 rings (SSSR count). The first-order valence-corrected chi connectivity index (χ1v) is 8.70. The van der Waals surface area contributed by atoms with Crippen LogP contribution in [0.5, 0.6) is 0 Å². The third-order valence-corrected chi connectivity index (χ3v) is 5.93. The minimum Gasteiger partial charge on any atom is -0.349 e. The van der Waals surface area contributed by atoms with Crippen LogP contribution in [0.3, 0.4) is 0 Å². The third kappa shape index (κ3) is 4.08. The molecule has 0 saturated heterocycles. The summed E-state index contributed by atoms with van der Waals surface area (Å²) < 4.78 is 0. The Hall–Kier alpha value is 0.0700. The molecule has 1 fully saturated rings. The normalized spacial score (nSPS) is 15.9. The lowest BCUT2D eigenvalue weighted by Crippen LogP contribution is -2.40. The Labute approximate surface area is 150 Å². The van der Waals surface area contributed by atoms with Gasteiger partial charge in [0, 0.05) is 13.1 Å². The monoisotopic (exact) mass is 384 g/mol. The Balaban J connectivity index is 2.12. The molecule has 0 amide bonds. The first kappa shape index (κ1) is 17.4. The second-order valence-electron chi connectivity index (χ2n) is 5.18. The van der Waals surface area contributed by atoms with Crippen LogP contribution < -0.4 is 5.32 Å². The SMILES string of the molecule is CN(C(=S)Nc1cc(Cl)c(Cl)c(Cl)c1Cl)C1CCCCC1. The van der Waals surface area contributed by atoms with Gasteiger partial charge in [-0.15, -0.1) is 0 Å². The molecule has 1 aromatic carbocycles. The zero-order chi connectivity index (χ0) is 15.6. The average molecular weight is 386 g/mol. The molecule has 1 saturated carbocycles. The topological polar surface area (TPSA) is 15.3 Å². The molecule has 0 bridgehead atoms. The lowest BCUT2D eigenvalue weighted by molar-refractivity contribution is 0.281. The van der Waals surface area contributed by atoms with Crippen LogP contribution in [-0.4, -0.2) is 23.1 Å². The first-order chi connectivity index (χ1) is 9.91. The third-order valence-electron chi connectivity index (χ3n) is 3.79. The highest BCUT2D eigenvalue weighted by Crippen LogP contribution is 2.40. The molecule has 0 unspecified atom stereocenters. The number of nitrogens with zero attached hydrogens (tertiary/aromatic N) is 1. The van der Waals surface area contributed by atoms with Crippen molar-refractivity contribution in [2.75, 3.05) is 12.4 Å². The molecule has 1 aliphatic carbocycles. The van der Waals surface area contributed by atoms with E-state index in [9.17, 15) is 0 Å². The molecule has 0 aliphatic heterocycles. The zero-order valence-corrected chi connectivity index (χ0v) is 15.4. The van der Waals surface area contributed by atoms with Crippen LogP contribution in [0.4, 0.5) is 5.69 Å². The first-order valence-electron chi connectivity index (χ1n) is 6.78. The molecule has 2 nitrogen and oxygen atoms in total.